The van der Waals surface area contributed by atoms with Crippen molar-refractivity contribution in [3.05, 3.63) is 66.5 Å². The van der Waals surface area contributed by atoms with Crippen LogP contribution >= 0.6 is 0 Å². The smallest absolute Gasteiger partial charge is 0.258 e. The van der Waals surface area contributed by atoms with Gasteiger partial charge in [0, 0.05) is 17.7 Å². The molecule has 0 radical (unpaired) electrons. The summed E-state index contributed by atoms with van der Waals surface area (Å²) in [6.45, 7) is 2.80. The Morgan fingerprint density at radius 3 is 2.58 bits per heavy atom. The zero-order valence-electron chi connectivity index (χ0n) is 17.9. The molecule has 1 N–H and O–H groups in total. The van der Waals surface area contributed by atoms with Crippen LogP contribution in [0.25, 0.3) is 17.0 Å². The number of amides is 1. The maximum atomic E-state index is 13.2. The minimum atomic E-state index is -0.337. The third-order valence-electron chi connectivity index (χ3n) is 4.50. The summed E-state index contributed by atoms with van der Waals surface area (Å²) in [5, 5.41) is 15.3. The standard InChI is InChI=1S/C23H22FN5O4/c1-2-31-18-4-3-5-19(14-18)33-15-21(30)25-12-13-32-22-11-10-20-26-27-23(29(20)28-22)16-6-8-17(24)9-7-16/h3-11,14H,2,12-13,15H2,1H3,(H,25,30). The number of hydrogen-bond acceptors (Lipinski definition) is 7. The number of ether oxygens (including phenoxy) is 3. The molecule has 10 heteroatoms. The number of nitrogens with one attached hydrogen (secondary N) is 1. The number of halogens is 1. The molecule has 0 fully saturated rings. The van der Waals surface area contributed by atoms with Gasteiger partial charge in [0.2, 0.25) is 5.88 Å². The van der Waals surface area contributed by atoms with Gasteiger partial charge in [0.05, 0.1) is 13.2 Å². The van der Waals surface area contributed by atoms with Crippen molar-refractivity contribution in [1.82, 2.24) is 25.1 Å². The Morgan fingerprint density at radius 2 is 1.79 bits per heavy atom. The number of hydrogen-bond donors (Lipinski definition) is 1. The van der Waals surface area contributed by atoms with Crippen LogP contribution in [0, 0.1) is 5.82 Å². The predicted molar refractivity (Wildman–Crippen MR) is 118 cm³/mol. The van der Waals surface area contributed by atoms with Crippen molar-refractivity contribution in [2.75, 3.05) is 26.4 Å². The number of carbonyl (C=O) groups is 1. The molecule has 2 heterocycles. The van der Waals surface area contributed by atoms with E-state index in [0.29, 0.717) is 41.0 Å². The minimum Gasteiger partial charge on any atom is -0.494 e. The normalized spacial score (nSPS) is 10.7. The van der Waals surface area contributed by atoms with Gasteiger partial charge in [-0.1, -0.05) is 6.07 Å². The zero-order chi connectivity index (χ0) is 23.0. The van der Waals surface area contributed by atoms with Crippen molar-refractivity contribution in [2.24, 2.45) is 0 Å². The molecule has 0 saturated carbocycles. The van der Waals surface area contributed by atoms with E-state index in [4.69, 9.17) is 14.2 Å². The predicted octanol–water partition coefficient (Wildman–Crippen LogP) is 2.90. The summed E-state index contributed by atoms with van der Waals surface area (Å²) in [7, 11) is 0. The van der Waals surface area contributed by atoms with E-state index in [9.17, 15) is 9.18 Å². The fourth-order valence-electron chi connectivity index (χ4n) is 2.99. The van der Waals surface area contributed by atoms with Gasteiger partial charge in [0.25, 0.3) is 5.91 Å². The maximum Gasteiger partial charge on any atom is 0.258 e. The van der Waals surface area contributed by atoms with Crippen LogP contribution in [-0.4, -0.2) is 52.1 Å². The second kappa shape index (κ2) is 10.4. The Hall–Kier alpha value is -4.21. The highest BCUT2D eigenvalue weighted by molar-refractivity contribution is 5.77. The average molecular weight is 451 g/mol. The molecule has 33 heavy (non-hydrogen) atoms. The molecule has 4 rings (SSSR count). The SMILES string of the molecule is CCOc1cccc(OCC(=O)NCCOc2ccc3nnc(-c4ccc(F)cc4)n3n2)c1. The third-order valence-corrected chi connectivity index (χ3v) is 4.50. The van der Waals surface area contributed by atoms with Crippen LogP contribution < -0.4 is 19.5 Å². The van der Waals surface area contributed by atoms with Gasteiger partial charge in [-0.15, -0.1) is 15.3 Å². The summed E-state index contributed by atoms with van der Waals surface area (Å²) in [5.41, 5.74) is 1.20. The fourth-order valence-corrected chi connectivity index (χ4v) is 2.99. The molecule has 0 aliphatic rings. The van der Waals surface area contributed by atoms with Crippen LogP contribution in [0.4, 0.5) is 4.39 Å². The molecule has 0 unspecified atom stereocenters. The van der Waals surface area contributed by atoms with Gasteiger partial charge < -0.3 is 19.5 Å². The molecule has 0 saturated heterocycles. The van der Waals surface area contributed by atoms with Crippen LogP contribution in [0.5, 0.6) is 17.4 Å². The van der Waals surface area contributed by atoms with E-state index in [1.54, 1.807) is 42.5 Å². The van der Waals surface area contributed by atoms with Crippen LogP contribution in [-0.2, 0) is 4.79 Å². The Balaban J connectivity index is 1.27. The summed E-state index contributed by atoms with van der Waals surface area (Å²) < 4.78 is 31.2. The van der Waals surface area contributed by atoms with Crippen molar-refractivity contribution in [2.45, 2.75) is 6.92 Å². The lowest BCUT2D eigenvalue weighted by molar-refractivity contribution is -0.123. The van der Waals surface area contributed by atoms with Crippen molar-refractivity contribution in [3.63, 3.8) is 0 Å². The van der Waals surface area contributed by atoms with E-state index < -0.39 is 0 Å². The molecule has 4 aromatic rings. The first kappa shape index (κ1) is 22.0. The number of aromatic nitrogens is 4. The van der Waals surface area contributed by atoms with Gasteiger partial charge in [-0.05, 0) is 49.4 Å². The molecule has 2 aromatic carbocycles. The Kier molecular flexibility index (Phi) is 6.93. The Labute approximate surface area is 189 Å². The quantitative estimate of drug-likeness (QED) is 0.370. The number of carbonyl (C=O) groups excluding carboxylic acids is 1. The molecule has 1 amide bonds. The first-order valence-corrected chi connectivity index (χ1v) is 10.4. The van der Waals surface area contributed by atoms with E-state index >= 15 is 0 Å². The highest BCUT2D eigenvalue weighted by atomic mass is 19.1. The minimum absolute atomic E-state index is 0.123. The second-order valence-electron chi connectivity index (χ2n) is 6.87. The van der Waals surface area contributed by atoms with Gasteiger partial charge in [0.1, 0.15) is 23.9 Å². The summed E-state index contributed by atoms with van der Waals surface area (Å²) in [6.07, 6.45) is 0. The lowest BCUT2D eigenvalue weighted by atomic mass is 10.2. The van der Waals surface area contributed by atoms with E-state index in [1.807, 2.05) is 13.0 Å². The highest BCUT2D eigenvalue weighted by Crippen LogP contribution is 2.20. The topological polar surface area (TPSA) is 99.9 Å². The van der Waals surface area contributed by atoms with Gasteiger partial charge in [-0.25, -0.2) is 4.39 Å². The first-order valence-electron chi connectivity index (χ1n) is 10.4. The van der Waals surface area contributed by atoms with Crippen LogP contribution in [0.3, 0.4) is 0 Å². The maximum absolute atomic E-state index is 13.2. The number of benzene rings is 2. The average Bonchev–Trinajstić information content (AvgIpc) is 3.25. The molecule has 0 bridgehead atoms. The Bertz CT molecular complexity index is 1230. The number of nitrogens with zero attached hydrogens (tertiary/aromatic N) is 4. The van der Waals surface area contributed by atoms with Crippen molar-refractivity contribution in [1.29, 1.82) is 0 Å². The molecule has 170 valence electrons. The van der Waals surface area contributed by atoms with Gasteiger partial charge in [-0.3, -0.25) is 4.79 Å². The van der Waals surface area contributed by atoms with Gasteiger partial charge in [-0.2, -0.15) is 4.52 Å². The largest absolute Gasteiger partial charge is 0.494 e. The number of rotatable bonds is 10. The monoisotopic (exact) mass is 451 g/mol. The van der Waals surface area contributed by atoms with Crippen molar-refractivity contribution in [3.8, 4) is 28.8 Å². The van der Waals surface area contributed by atoms with Crippen LogP contribution in [0.15, 0.2) is 60.7 Å². The third kappa shape index (κ3) is 5.73. The second-order valence-corrected chi connectivity index (χ2v) is 6.87. The fraction of sp³-hybridized carbons (Fsp3) is 0.217. The lowest BCUT2D eigenvalue weighted by Gasteiger charge is -2.10. The van der Waals surface area contributed by atoms with E-state index in [0.717, 1.165) is 0 Å². The zero-order valence-corrected chi connectivity index (χ0v) is 17.9. The molecular formula is C23H22FN5O4. The van der Waals surface area contributed by atoms with Crippen molar-refractivity contribution >= 4 is 11.6 Å². The van der Waals surface area contributed by atoms with Gasteiger partial charge >= 0.3 is 0 Å². The summed E-state index contributed by atoms with van der Waals surface area (Å²) in [6, 6.07) is 16.4. The summed E-state index contributed by atoms with van der Waals surface area (Å²) >= 11 is 0. The first-order chi connectivity index (χ1) is 16.1. The molecule has 0 atom stereocenters. The lowest BCUT2D eigenvalue weighted by Crippen LogP contribution is -2.32. The highest BCUT2D eigenvalue weighted by Gasteiger charge is 2.11. The van der Waals surface area contributed by atoms with E-state index in [1.165, 1.54) is 16.6 Å². The molecule has 0 aliphatic carbocycles. The molecule has 0 aliphatic heterocycles. The van der Waals surface area contributed by atoms with Crippen LogP contribution in [0.2, 0.25) is 0 Å². The number of fused-ring (bicyclic) bond motifs is 1. The van der Waals surface area contributed by atoms with Crippen molar-refractivity contribution < 1.29 is 23.4 Å². The Morgan fingerprint density at radius 1 is 1.00 bits per heavy atom. The molecule has 2 aromatic heterocycles. The van der Waals surface area contributed by atoms with Crippen LogP contribution in [0.1, 0.15) is 6.92 Å². The summed E-state index contributed by atoms with van der Waals surface area (Å²) in [4.78, 5) is 12.0. The molecular weight excluding hydrogens is 429 g/mol. The van der Waals surface area contributed by atoms with E-state index in [2.05, 4.69) is 20.6 Å². The molecule has 0 spiro atoms. The molecule has 9 nitrogen and oxygen atoms in total. The summed E-state index contributed by atoms with van der Waals surface area (Å²) in [5.74, 6) is 1.43. The van der Waals surface area contributed by atoms with Gasteiger partial charge in [0.15, 0.2) is 18.1 Å². The van der Waals surface area contributed by atoms with E-state index in [-0.39, 0.29) is 31.5 Å².